The molecule has 0 fully saturated rings. The molecular weight excluding hydrogens is 438 g/mol. The van der Waals surface area contributed by atoms with Crippen molar-refractivity contribution in [3.8, 4) is 0 Å². The molecule has 0 saturated heterocycles. The van der Waals surface area contributed by atoms with Crippen molar-refractivity contribution in [3.63, 3.8) is 0 Å². The quantitative estimate of drug-likeness (QED) is 0.459. The molecule has 1 aromatic carbocycles. The molecular formula is C19H20F6O6. The van der Waals surface area contributed by atoms with Crippen LogP contribution in [0.2, 0.25) is 0 Å². The third-order valence-corrected chi connectivity index (χ3v) is 4.07. The second-order valence-corrected chi connectivity index (χ2v) is 6.28. The van der Waals surface area contributed by atoms with Gasteiger partial charge in [-0.15, -0.1) is 0 Å². The van der Waals surface area contributed by atoms with Gasteiger partial charge in [-0.05, 0) is 31.1 Å². The van der Waals surface area contributed by atoms with Crippen molar-refractivity contribution in [1.29, 1.82) is 0 Å². The van der Waals surface area contributed by atoms with Crippen LogP contribution in [-0.4, -0.2) is 58.9 Å². The lowest BCUT2D eigenvalue weighted by atomic mass is 9.86. The summed E-state index contributed by atoms with van der Waals surface area (Å²) in [6, 6.07) is 6.02. The van der Waals surface area contributed by atoms with Gasteiger partial charge in [-0.25, -0.2) is 9.59 Å². The van der Waals surface area contributed by atoms with Crippen LogP contribution >= 0.6 is 0 Å². The van der Waals surface area contributed by atoms with Gasteiger partial charge in [0.25, 0.3) is 11.2 Å². The number of benzene rings is 1. The van der Waals surface area contributed by atoms with Crippen LogP contribution in [-0.2, 0) is 19.1 Å². The van der Waals surface area contributed by atoms with Crippen molar-refractivity contribution in [2.24, 2.45) is 0 Å². The minimum absolute atomic E-state index is 0.212. The molecule has 174 valence electrons. The van der Waals surface area contributed by atoms with Crippen LogP contribution in [0, 0.1) is 0 Å². The van der Waals surface area contributed by atoms with Crippen LogP contribution in [0.5, 0.6) is 0 Å². The number of aliphatic hydroxyl groups is 2. The first kappa shape index (κ1) is 26.4. The van der Waals surface area contributed by atoms with Gasteiger partial charge in [0.15, 0.2) is 0 Å². The van der Waals surface area contributed by atoms with E-state index in [2.05, 4.69) is 9.47 Å². The first-order chi connectivity index (χ1) is 14.1. The Morgan fingerprint density at radius 2 is 1.35 bits per heavy atom. The van der Waals surface area contributed by atoms with Crippen LogP contribution in [0.3, 0.4) is 0 Å². The summed E-state index contributed by atoms with van der Waals surface area (Å²) in [4.78, 5) is 23.7. The van der Waals surface area contributed by atoms with Crippen molar-refractivity contribution in [1.82, 2.24) is 0 Å². The van der Waals surface area contributed by atoms with E-state index in [0.717, 1.165) is 26.0 Å². The summed E-state index contributed by atoms with van der Waals surface area (Å²) >= 11 is 0. The number of hydrogen-bond donors (Lipinski definition) is 2. The predicted octanol–water partition coefficient (Wildman–Crippen LogP) is 3.17. The van der Waals surface area contributed by atoms with E-state index in [1.807, 2.05) is 0 Å². The van der Waals surface area contributed by atoms with Crippen molar-refractivity contribution in [2.45, 2.75) is 43.8 Å². The summed E-state index contributed by atoms with van der Waals surface area (Å²) in [5.74, 6) is -4.35. The molecule has 31 heavy (non-hydrogen) atoms. The third-order valence-electron chi connectivity index (χ3n) is 4.07. The minimum Gasteiger partial charge on any atom is -0.464 e. The van der Waals surface area contributed by atoms with E-state index >= 15 is 0 Å². The zero-order chi connectivity index (χ0) is 24.1. The SMILES string of the molecule is CCOC(=O)[C@](O)(C/C(=C\[C@](O)(C(=O)OCC)C(F)(F)F)c1ccccc1)C(F)(F)F. The Balaban J connectivity index is 3.75. The van der Waals surface area contributed by atoms with E-state index in [1.54, 1.807) is 0 Å². The number of hydrogen-bond acceptors (Lipinski definition) is 6. The van der Waals surface area contributed by atoms with E-state index in [4.69, 9.17) is 0 Å². The molecule has 0 aliphatic carbocycles. The van der Waals surface area contributed by atoms with Gasteiger partial charge in [-0.3, -0.25) is 0 Å². The molecule has 1 aromatic rings. The van der Waals surface area contributed by atoms with Gasteiger partial charge < -0.3 is 19.7 Å². The van der Waals surface area contributed by atoms with Gasteiger partial charge in [0.1, 0.15) is 0 Å². The molecule has 0 bridgehead atoms. The lowest BCUT2D eigenvalue weighted by Crippen LogP contribution is -2.54. The monoisotopic (exact) mass is 458 g/mol. The van der Waals surface area contributed by atoms with Crippen molar-refractivity contribution < 1.29 is 55.6 Å². The van der Waals surface area contributed by atoms with Gasteiger partial charge in [-0.1, -0.05) is 30.3 Å². The fraction of sp³-hybridized carbons (Fsp3) is 0.474. The van der Waals surface area contributed by atoms with E-state index in [-0.39, 0.29) is 11.6 Å². The molecule has 0 aliphatic heterocycles. The molecule has 0 aliphatic rings. The van der Waals surface area contributed by atoms with Gasteiger partial charge >= 0.3 is 24.3 Å². The lowest BCUT2D eigenvalue weighted by molar-refractivity contribution is -0.260. The van der Waals surface area contributed by atoms with Crippen LogP contribution in [0.4, 0.5) is 26.3 Å². The summed E-state index contributed by atoms with van der Waals surface area (Å²) in [5.41, 5.74) is -9.94. The first-order valence-corrected chi connectivity index (χ1v) is 8.83. The van der Waals surface area contributed by atoms with E-state index in [1.165, 1.54) is 18.2 Å². The fourth-order valence-electron chi connectivity index (χ4n) is 2.45. The highest BCUT2D eigenvalue weighted by Crippen LogP contribution is 2.42. The maximum atomic E-state index is 13.5. The Hall–Kier alpha value is -2.60. The first-order valence-electron chi connectivity index (χ1n) is 8.83. The molecule has 2 atom stereocenters. The van der Waals surface area contributed by atoms with Crippen LogP contribution in [0.1, 0.15) is 25.8 Å². The summed E-state index contributed by atoms with van der Waals surface area (Å²) in [5, 5.41) is 20.2. The molecule has 0 amide bonds. The van der Waals surface area contributed by atoms with Gasteiger partial charge in [-0.2, -0.15) is 26.3 Å². The molecule has 0 heterocycles. The number of esters is 2. The highest BCUT2D eigenvalue weighted by Gasteiger charge is 2.63. The summed E-state index contributed by atoms with van der Waals surface area (Å²) in [6.07, 6.45) is -13.3. The number of halogens is 6. The Kier molecular flexibility index (Phi) is 8.26. The van der Waals surface area contributed by atoms with Gasteiger partial charge in [0.2, 0.25) is 0 Å². The molecule has 0 saturated carbocycles. The Morgan fingerprint density at radius 1 is 0.871 bits per heavy atom. The molecule has 1 rings (SSSR count). The second-order valence-electron chi connectivity index (χ2n) is 6.28. The van der Waals surface area contributed by atoms with Gasteiger partial charge in [0, 0.05) is 6.42 Å². The number of ether oxygens (including phenoxy) is 2. The van der Waals surface area contributed by atoms with Gasteiger partial charge in [0.05, 0.1) is 13.2 Å². The molecule has 6 nitrogen and oxygen atoms in total. The highest BCUT2D eigenvalue weighted by atomic mass is 19.4. The smallest absolute Gasteiger partial charge is 0.431 e. The minimum atomic E-state index is -5.69. The maximum absolute atomic E-state index is 13.5. The molecule has 2 N–H and O–H groups in total. The summed E-state index contributed by atoms with van der Waals surface area (Å²) in [7, 11) is 0. The number of carbonyl (C=O) groups excluding carboxylic acids is 2. The average Bonchev–Trinajstić information content (AvgIpc) is 2.66. The lowest BCUT2D eigenvalue weighted by Gasteiger charge is -2.31. The Labute approximate surface area is 173 Å². The van der Waals surface area contributed by atoms with Crippen LogP contribution < -0.4 is 0 Å². The number of alkyl halides is 6. The fourth-order valence-corrected chi connectivity index (χ4v) is 2.45. The maximum Gasteiger partial charge on any atom is 0.431 e. The van der Waals surface area contributed by atoms with Crippen molar-refractivity contribution in [2.75, 3.05) is 13.2 Å². The molecule has 12 heteroatoms. The van der Waals surface area contributed by atoms with Crippen LogP contribution in [0.25, 0.3) is 5.57 Å². The summed E-state index contributed by atoms with van der Waals surface area (Å²) in [6.45, 7) is 1.18. The normalized spacial score (nSPS) is 16.8. The second kappa shape index (κ2) is 9.69. The number of rotatable bonds is 8. The van der Waals surface area contributed by atoms with Crippen LogP contribution in [0.15, 0.2) is 36.4 Å². The predicted molar refractivity (Wildman–Crippen MR) is 94.3 cm³/mol. The summed E-state index contributed by atoms with van der Waals surface area (Å²) < 4.78 is 89.7. The zero-order valence-corrected chi connectivity index (χ0v) is 16.4. The highest BCUT2D eigenvalue weighted by molar-refractivity contribution is 5.88. The van der Waals surface area contributed by atoms with E-state index in [0.29, 0.717) is 0 Å². The topological polar surface area (TPSA) is 93.1 Å². The average molecular weight is 458 g/mol. The molecule has 0 radical (unpaired) electrons. The number of carbonyl (C=O) groups is 2. The Morgan fingerprint density at radius 3 is 1.77 bits per heavy atom. The third kappa shape index (κ3) is 5.76. The van der Waals surface area contributed by atoms with Crippen molar-refractivity contribution >= 4 is 17.5 Å². The molecule has 0 spiro atoms. The Bertz CT molecular complexity index is 804. The standard InChI is InChI=1S/C19H20F6O6/c1-3-30-14(26)16(28,18(20,21)22)10-13(12-8-6-5-7-9-12)11-17(29,19(23,24)25)15(27)31-4-2/h5-10,28-29H,3-4,11H2,1-2H3/b13-10+/t16-,17+/m0/s1. The van der Waals surface area contributed by atoms with E-state index < -0.39 is 60.7 Å². The zero-order valence-electron chi connectivity index (χ0n) is 16.4. The van der Waals surface area contributed by atoms with E-state index in [9.17, 15) is 46.1 Å². The largest absolute Gasteiger partial charge is 0.464 e. The van der Waals surface area contributed by atoms with Crippen molar-refractivity contribution in [3.05, 3.63) is 42.0 Å². The molecule has 0 unspecified atom stereocenters. The molecule has 0 aromatic heterocycles.